The molecule has 0 aliphatic rings. The topological polar surface area (TPSA) is 92.7 Å². The highest BCUT2D eigenvalue weighted by Gasteiger charge is 2.14. The number of hydrogen-bond acceptors (Lipinski definition) is 8. The minimum absolute atomic E-state index is 0.307. The summed E-state index contributed by atoms with van der Waals surface area (Å²) in [5.41, 5.74) is 0. The van der Waals surface area contributed by atoms with E-state index in [1.54, 1.807) is 6.92 Å². The smallest absolute Gasteiger partial charge is 0.288 e. The van der Waals surface area contributed by atoms with Gasteiger partial charge < -0.3 is 5.32 Å². The van der Waals surface area contributed by atoms with Crippen LogP contribution >= 0.6 is 22.9 Å². The van der Waals surface area contributed by atoms with Gasteiger partial charge in [0.05, 0.1) is 0 Å². The first kappa shape index (κ1) is 12.8. The van der Waals surface area contributed by atoms with Crippen molar-refractivity contribution in [3.05, 3.63) is 10.8 Å². The largest absolute Gasteiger partial charge is 0.360 e. The second kappa shape index (κ2) is 5.83. The molecule has 2 aromatic heterocycles. The maximum absolute atomic E-state index is 11.8. The van der Waals surface area contributed by atoms with Gasteiger partial charge in [-0.3, -0.25) is 10.1 Å². The van der Waals surface area contributed by atoms with Crippen LogP contribution in [-0.4, -0.2) is 32.0 Å². The zero-order valence-corrected chi connectivity index (χ0v) is 11.6. The molecule has 2 aromatic rings. The second-order valence-corrected chi connectivity index (χ2v) is 5.17. The summed E-state index contributed by atoms with van der Waals surface area (Å²) < 4.78 is 3.98. The molecule has 0 saturated heterocycles. The standard InChI is InChI=1S/C9H12N6OS2/c1-3-4-10-8-14-13-7(17-8)6(16)12-9-11-5(2)15-18-9/h3-4H2,1-2H3,(H,10,14)(H,11,12,15,16). The summed E-state index contributed by atoms with van der Waals surface area (Å²) in [5.74, 6) is 0.325. The maximum Gasteiger partial charge on any atom is 0.288 e. The van der Waals surface area contributed by atoms with Crippen molar-refractivity contribution in [2.45, 2.75) is 20.3 Å². The second-order valence-electron chi connectivity index (χ2n) is 3.44. The number of nitrogens with zero attached hydrogens (tertiary/aromatic N) is 4. The highest BCUT2D eigenvalue weighted by molar-refractivity contribution is 7.17. The van der Waals surface area contributed by atoms with E-state index >= 15 is 0 Å². The van der Waals surface area contributed by atoms with Crippen molar-refractivity contribution in [2.24, 2.45) is 0 Å². The molecule has 1 amide bonds. The summed E-state index contributed by atoms with van der Waals surface area (Å²) in [6.45, 7) is 4.63. The van der Waals surface area contributed by atoms with Gasteiger partial charge in [0.2, 0.25) is 15.3 Å². The summed E-state index contributed by atoms with van der Waals surface area (Å²) in [4.78, 5) is 15.9. The normalized spacial score (nSPS) is 10.3. The van der Waals surface area contributed by atoms with Gasteiger partial charge in [-0.1, -0.05) is 18.3 Å². The fourth-order valence-electron chi connectivity index (χ4n) is 1.12. The predicted octanol–water partition coefficient (Wildman–Crippen LogP) is 1.77. The third-order valence-corrected chi connectivity index (χ3v) is 3.50. The lowest BCUT2D eigenvalue weighted by molar-refractivity contribution is 0.102. The molecule has 96 valence electrons. The monoisotopic (exact) mass is 284 g/mol. The van der Waals surface area contributed by atoms with E-state index in [1.165, 1.54) is 11.3 Å². The number of carbonyl (C=O) groups excluding carboxylic acids is 1. The van der Waals surface area contributed by atoms with Crippen molar-refractivity contribution < 1.29 is 4.79 Å². The number of carbonyl (C=O) groups is 1. The summed E-state index contributed by atoms with van der Waals surface area (Å²) >= 11 is 2.36. The van der Waals surface area contributed by atoms with Crippen LogP contribution in [0.1, 0.15) is 29.0 Å². The minimum atomic E-state index is -0.312. The molecular weight excluding hydrogens is 272 g/mol. The molecule has 0 atom stereocenters. The van der Waals surface area contributed by atoms with E-state index in [0.29, 0.717) is 21.1 Å². The van der Waals surface area contributed by atoms with Crippen LogP contribution in [0.25, 0.3) is 0 Å². The first-order valence-electron chi connectivity index (χ1n) is 5.38. The van der Waals surface area contributed by atoms with Gasteiger partial charge in [-0.05, 0) is 13.3 Å². The maximum atomic E-state index is 11.8. The van der Waals surface area contributed by atoms with E-state index in [1.807, 2.05) is 0 Å². The van der Waals surface area contributed by atoms with Gasteiger partial charge in [0.15, 0.2) is 0 Å². The molecule has 0 radical (unpaired) electrons. The molecule has 2 heterocycles. The van der Waals surface area contributed by atoms with Crippen LogP contribution in [0, 0.1) is 6.92 Å². The van der Waals surface area contributed by atoms with Gasteiger partial charge >= 0.3 is 0 Å². The molecule has 0 aromatic carbocycles. The van der Waals surface area contributed by atoms with Crippen LogP contribution in [0.4, 0.5) is 10.3 Å². The lowest BCUT2D eigenvalue weighted by atomic mass is 10.5. The van der Waals surface area contributed by atoms with Gasteiger partial charge in [0, 0.05) is 18.1 Å². The quantitative estimate of drug-likeness (QED) is 0.869. The fraction of sp³-hybridized carbons (Fsp3) is 0.444. The van der Waals surface area contributed by atoms with Gasteiger partial charge in [-0.2, -0.15) is 4.37 Å². The first-order valence-corrected chi connectivity index (χ1v) is 6.97. The highest BCUT2D eigenvalue weighted by atomic mass is 32.1. The first-order chi connectivity index (χ1) is 8.69. The van der Waals surface area contributed by atoms with Crippen molar-refractivity contribution in [1.29, 1.82) is 0 Å². The van der Waals surface area contributed by atoms with Crippen LogP contribution in [0.15, 0.2) is 0 Å². The highest BCUT2D eigenvalue weighted by Crippen LogP contribution is 2.17. The molecule has 0 fully saturated rings. The summed E-state index contributed by atoms with van der Waals surface area (Å²) in [7, 11) is 0. The van der Waals surface area contributed by atoms with Gasteiger partial charge in [-0.25, -0.2) is 4.98 Å². The Morgan fingerprint density at radius 3 is 2.83 bits per heavy atom. The molecule has 0 saturated carbocycles. The Hall–Kier alpha value is -1.61. The number of hydrogen-bond donors (Lipinski definition) is 2. The van der Waals surface area contributed by atoms with Gasteiger partial charge in [0.25, 0.3) is 5.91 Å². The average molecular weight is 284 g/mol. The molecule has 0 bridgehead atoms. The van der Waals surface area contributed by atoms with E-state index in [4.69, 9.17) is 0 Å². The third kappa shape index (κ3) is 3.20. The summed E-state index contributed by atoms with van der Waals surface area (Å²) in [6.07, 6.45) is 0.991. The van der Waals surface area contributed by atoms with Crippen molar-refractivity contribution >= 4 is 39.0 Å². The minimum Gasteiger partial charge on any atom is -0.360 e. The Morgan fingerprint density at radius 2 is 2.17 bits per heavy atom. The lowest BCUT2D eigenvalue weighted by Gasteiger charge is -1.96. The lowest BCUT2D eigenvalue weighted by Crippen LogP contribution is -2.11. The van der Waals surface area contributed by atoms with Crippen LogP contribution < -0.4 is 10.6 Å². The van der Waals surface area contributed by atoms with E-state index < -0.39 is 0 Å². The predicted molar refractivity (Wildman–Crippen MR) is 71.3 cm³/mol. The van der Waals surface area contributed by atoms with Crippen molar-refractivity contribution in [2.75, 3.05) is 17.2 Å². The van der Waals surface area contributed by atoms with E-state index in [0.717, 1.165) is 24.5 Å². The van der Waals surface area contributed by atoms with E-state index in [2.05, 4.69) is 37.1 Å². The Morgan fingerprint density at radius 1 is 1.33 bits per heavy atom. The molecule has 0 spiro atoms. The molecular formula is C9H12N6OS2. The van der Waals surface area contributed by atoms with Gasteiger partial charge in [-0.15, -0.1) is 10.2 Å². The Balaban J connectivity index is 1.98. The van der Waals surface area contributed by atoms with E-state index in [9.17, 15) is 4.79 Å². The van der Waals surface area contributed by atoms with Crippen molar-refractivity contribution in [3.63, 3.8) is 0 Å². The fourth-order valence-corrected chi connectivity index (χ4v) is 2.35. The van der Waals surface area contributed by atoms with Crippen LogP contribution in [0.2, 0.25) is 0 Å². The number of aromatic nitrogens is 4. The summed E-state index contributed by atoms with van der Waals surface area (Å²) in [6, 6.07) is 0. The number of anilines is 2. The average Bonchev–Trinajstić information content (AvgIpc) is 2.96. The Kier molecular flexibility index (Phi) is 4.15. The third-order valence-electron chi connectivity index (χ3n) is 1.89. The van der Waals surface area contributed by atoms with Crippen molar-refractivity contribution in [1.82, 2.24) is 19.6 Å². The molecule has 2 rings (SSSR count). The Bertz CT molecular complexity index is 537. The molecule has 0 aliphatic carbocycles. The Labute approximate surface area is 112 Å². The zero-order valence-electron chi connectivity index (χ0n) is 9.93. The SMILES string of the molecule is CCCNc1nnc(C(=O)Nc2nc(C)ns2)s1. The summed E-state index contributed by atoms with van der Waals surface area (Å²) in [5, 5.41) is 14.8. The molecule has 9 heteroatoms. The number of rotatable bonds is 5. The number of amides is 1. The van der Waals surface area contributed by atoms with E-state index in [-0.39, 0.29) is 5.91 Å². The zero-order chi connectivity index (χ0) is 13.0. The van der Waals surface area contributed by atoms with Crippen LogP contribution in [-0.2, 0) is 0 Å². The molecule has 2 N–H and O–H groups in total. The molecule has 18 heavy (non-hydrogen) atoms. The molecule has 0 unspecified atom stereocenters. The number of aryl methyl sites for hydroxylation is 1. The van der Waals surface area contributed by atoms with Crippen molar-refractivity contribution in [3.8, 4) is 0 Å². The van der Waals surface area contributed by atoms with Crippen LogP contribution in [0.5, 0.6) is 0 Å². The van der Waals surface area contributed by atoms with Crippen LogP contribution in [0.3, 0.4) is 0 Å². The molecule has 0 aliphatic heterocycles. The number of nitrogens with one attached hydrogen (secondary N) is 2. The van der Waals surface area contributed by atoms with Gasteiger partial charge in [0.1, 0.15) is 5.82 Å². The molecule has 7 nitrogen and oxygen atoms in total.